The van der Waals surface area contributed by atoms with Gasteiger partial charge in [-0.1, -0.05) is 29.6 Å². The van der Waals surface area contributed by atoms with Crippen LogP contribution >= 0.6 is 23.2 Å². The minimum Gasteiger partial charge on any atom is -0.207 e. The molecule has 0 aromatic heterocycles. The van der Waals surface area contributed by atoms with Crippen molar-refractivity contribution in [2.75, 3.05) is 6.54 Å². The maximum absolute atomic E-state index is 12.7. The lowest BCUT2D eigenvalue weighted by Gasteiger charge is -2.32. The summed E-state index contributed by atoms with van der Waals surface area (Å²) in [6.07, 6.45) is 2.86. The van der Waals surface area contributed by atoms with Crippen LogP contribution in [0.4, 0.5) is 0 Å². The van der Waals surface area contributed by atoms with E-state index in [1.54, 1.807) is 17.3 Å². The van der Waals surface area contributed by atoms with Crippen molar-refractivity contribution in [3.63, 3.8) is 0 Å². The third-order valence-electron chi connectivity index (χ3n) is 3.54. The smallest absolute Gasteiger partial charge is 0.207 e. The van der Waals surface area contributed by atoms with Gasteiger partial charge in [-0.2, -0.15) is 4.31 Å². The van der Waals surface area contributed by atoms with E-state index in [0.717, 1.165) is 19.3 Å². The Labute approximate surface area is 124 Å². The van der Waals surface area contributed by atoms with E-state index in [4.69, 9.17) is 23.2 Å². The molecule has 1 aromatic rings. The zero-order chi connectivity index (χ0) is 14.2. The van der Waals surface area contributed by atoms with E-state index in [9.17, 15) is 8.42 Å². The number of aryl methyl sites for hydroxylation is 1. The Morgan fingerprint density at radius 3 is 2.53 bits per heavy atom. The van der Waals surface area contributed by atoms with Crippen molar-refractivity contribution in [3.05, 3.63) is 27.7 Å². The second kappa shape index (κ2) is 5.60. The number of hydrogen-bond donors (Lipinski definition) is 0. The number of hydrogen-bond acceptors (Lipinski definition) is 2. The van der Waals surface area contributed by atoms with Crippen molar-refractivity contribution in [2.45, 2.75) is 44.0 Å². The van der Waals surface area contributed by atoms with Gasteiger partial charge in [0.2, 0.25) is 10.0 Å². The molecule has 0 amide bonds. The largest absolute Gasteiger partial charge is 0.244 e. The zero-order valence-electron chi connectivity index (χ0n) is 11.0. The summed E-state index contributed by atoms with van der Waals surface area (Å²) in [7, 11) is -3.54. The lowest BCUT2D eigenvalue weighted by molar-refractivity contribution is 0.268. The Balaban J connectivity index is 2.47. The molecule has 1 aliphatic heterocycles. The fourth-order valence-electron chi connectivity index (χ4n) is 2.38. The van der Waals surface area contributed by atoms with Crippen molar-refractivity contribution in [1.29, 1.82) is 0 Å². The predicted molar refractivity (Wildman–Crippen MR) is 78.4 cm³/mol. The van der Waals surface area contributed by atoms with Gasteiger partial charge in [-0.15, -0.1) is 0 Å². The molecule has 0 aliphatic carbocycles. The maximum Gasteiger partial charge on any atom is 0.244 e. The summed E-state index contributed by atoms with van der Waals surface area (Å²) in [4.78, 5) is 0.157. The molecule has 0 saturated carbocycles. The quantitative estimate of drug-likeness (QED) is 0.829. The monoisotopic (exact) mass is 321 g/mol. The highest BCUT2D eigenvalue weighted by Crippen LogP contribution is 2.32. The molecule has 0 N–H and O–H groups in total. The van der Waals surface area contributed by atoms with Crippen molar-refractivity contribution in [1.82, 2.24) is 4.31 Å². The van der Waals surface area contributed by atoms with Crippen LogP contribution in [0.15, 0.2) is 17.0 Å². The summed E-state index contributed by atoms with van der Waals surface area (Å²) in [6, 6.07) is 3.08. The van der Waals surface area contributed by atoms with Gasteiger partial charge < -0.3 is 0 Å². The number of halogens is 2. The van der Waals surface area contributed by atoms with Crippen LogP contribution in [0.25, 0.3) is 0 Å². The number of rotatable bonds is 2. The van der Waals surface area contributed by atoms with Gasteiger partial charge in [0, 0.05) is 17.6 Å². The van der Waals surface area contributed by atoms with E-state index < -0.39 is 10.0 Å². The molecule has 6 heteroatoms. The van der Waals surface area contributed by atoms with E-state index in [1.165, 1.54) is 6.07 Å². The van der Waals surface area contributed by atoms with Gasteiger partial charge in [0.05, 0.1) is 5.02 Å². The maximum atomic E-state index is 12.7. The van der Waals surface area contributed by atoms with Crippen LogP contribution in [-0.4, -0.2) is 25.3 Å². The second-order valence-electron chi connectivity index (χ2n) is 4.99. The topological polar surface area (TPSA) is 37.4 Å². The number of piperidine rings is 1. The third-order valence-corrected chi connectivity index (χ3v) is 6.43. The molecule has 1 aromatic carbocycles. The molecule has 1 atom stereocenters. The van der Waals surface area contributed by atoms with Crippen LogP contribution in [0.3, 0.4) is 0 Å². The lowest BCUT2D eigenvalue weighted by atomic mass is 10.1. The van der Waals surface area contributed by atoms with E-state index in [0.29, 0.717) is 17.1 Å². The van der Waals surface area contributed by atoms with E-state index >= 15 is 0 Å². The van der Waals surface area contributed by atoms with Gasteiger partial charge in [-0.25, -0.2) is 8.42 Å². The molecule has 19 heavy (non-hydrogen) atoms. The average Bonchev–Trinajstić information content (AvgIpc) is 2.34. The molecule has 2 rings (SSSR count). The van der Waals surface area contributed by atoms with Crippen molar-refractivity contribution >= 4 is 33.2 Å². The highest BCUT2D eigenvalue weighted by atomic mass is 35.5. The first kappa shape index (κ1) is 15.1. The Morgan fingerprint density at radius 2 is 1.89 bits per heavy atom. The first-order chi connectivity index (χ1) is 8.84. The molecule has 106 valence electrons. The highest BCUT2D eigenvalue weighted by Gasteiger charge is 2.32. The number of sulfonamides is 1. The van der Waals surface area contributed by atoms with Gasteiger partial charge in [0.15, 0.2) is 0 Å². The normalized spacial score (nSPS) is 21.6. The standard InChI is InChI=1S/C13H17Cl2NO2S/c1-9-7-13(12(15)8-11(9)14)19(17,18)16-6-4-3-5-10(16)2/h7-8,10H,3-6H2,1-2H3. The van der Waals surface area contributed by atoms with Crippen LogP contribution in [0.2, 0.25) is 10.0 Å². The van der Waals surface area contributed by atoms with Gasteiger partial charge in [0.1, 0.15) is 4.90 Å². The predicted octanol–water partition coefficient (Wildman–Crippen LogP) is 3.86. The number of benzene rings is 1. The van der Waals surface area contributed by atoms with Crippen molar-refractivity contribution in [2.24, 2.45) is 0 Å². The summed E-state index contributed by atoms with van der Waals surface area (Å²) in [5.41, 5.74) is 0.717. The molecule has 1 heterocycles. The molecule has 1 saturated heterocycles. The first-order valence-electron chi connectivity index (χ1n) is 6.31. The fraction of sp³-hybridized carbons (Fsp3) is 0.538. The zero-order valence-corrected chi connectivity index (χ0v) is 13.3. The van der Waals surface area contributed by atoms with E-state index in [2.05, 4.69) is 0 Å². The molecule has 1 unspecified atom stereocenters. The van der Waals surface area contributed by atoms with Gasteiger partial charge in [0.25, 0.3) is 0 Å². The van der Waals surface area contributed by atoms with Gasteiger partial charge in [-0.3, -0.25) is 0 Å². The second-order valence-corrected chi connectivity index (χ2v) is 7.67. The van der Waals surface area contributed by atoms with E-state index in [1.807, 2.05) is 6.92 Å². The summed E-state index contributed by atoms with van der Waals surface area (Å²) in [5, 5.41) is 0.670. The van der Waals surface area contributed by atoms with Gasteiger partial charge >= 0.3 is 0 Å². The van der Waals surface area contributed by atoms with Crippen LogP contribution in [0.5, 0.6) is 0 Å². The van der Waals surface area contributed by atoms with Crippen LogP contribution < -0.4 is 0 Å². The minimum absolute atomic E-state index is 0.0193. The lowest BCUT2D eigenvalue weighted by Crippen LogP contribution is -2.42. The molecular weight excluding hydrogens is 305 g/mol. The van der Waals surface area contributed by atoms with Crippen LogP contribution in [0, 0.1) is 6.92 Å². The Kier molecular flexibility index (Phi) is 4.45. The first-order valence-corrected chi connectivity index (χ1v) is 8.51. The molecular formula is C13H17Cl2NO2S. The van der Waals surface area contributed by atoms with Crippen molar-refractivity contribution in [3.8, 4) is 0 Å². The molecule has 1 aliphatic rings. The minimum atomic E-state index is -3.54. The summed E-state index contributed by atoms with van der Waals surface area (Å²) in [6.45, 7) is 4.27. The Bertz CT molecular complexity index is 587. The molecule has 0 radical (unpaired) electrons. The third kappa shape index (κ3) is 2.92. The summed E-state index contributed by atoms with van der Waals surface area (Å²) in [5.74, 6) is 0. The Morgan fingerprint density at radius 1 is 1.21 bits per heavy atom. The molecule has 0 bridgehead atoms. The summed E-state index contributed by atoms with van der Waals surface area (Å²) < 4.78 is 26.9. The SMILES string of the molecule is Cc1cc(S(=O)(=O)N2CCCCC2C)c(Cl)cc1Cl. The molecule has 0 spiro atoms. The summed E-state index contributed by atoms with van der Waals surface area (Å²) >= 11 is 12.0. The van der Waals surface area contributed by atoms with E-state index in [-0.39, 0.29) is 16.0 Å². The van der Waals surface area contributed by atoms with Gasteiger partial charge in [-0.05, 0) is 44.4 Å². The Hall–Kier alpha value is -0.290. The van der Waals surface area contributed by atoms with Crippen LogP contribution in [0.1, 0.15) is 31.7 Å². The number of nitrogens with zero attached hydrogens (tertiary/aromatic N) is 1. The molecule has 3 nitrogen and oxygen atoms in total. The average molecular weight is 322 g/mol. The van der Waals surface area contributed by atoms with Crippen LogP contribution in [-0.2, 0) is 10.0 Å². The van der Waals surface area contributed by atoms with Crippen molar-refractivity contribution < 1.29 is 8.42 Å². The molecule has 1 fully saturated rings. The highest BCUT2D eigenvalue weighted by molar-refractivity contribution is 7.89. The fourth-order valence-corrected chi connectivity index (χ4v) is 4.89.